The minimum Gasteiger partial charge on any atom is -0.464 e. The predicted octanol–water partition coefficient (Wildman–Crippen LogP) is 3.10. The fourth-order valence-electron chi connectivity index (χ4n) is 1.57. The molecule has 0 fully saturated rings. The molecule has 0 aliphatic rings. The van der Waals surface area contributed by atoms with Gasteiger partial charge in [-0.3, -0.25) is 10.1 Å². The van der Waals surface area contributed by atoms with E-state index in [0.717, 1.165) is 4.88 Å². The van der Waals surface area contributed by atoms with Crippen LogP contribution in [0.15, 0.2) is 24.3 Å². The minimum absolute atomic E-state index is 0.00480. The highest BCUT2D eigenvalue weighted by Gasteiger charge is 2.19. The number of nitrogens with zero attached hydrogens (tertiary/aromatic N) is 2. The number of ether oxygens (including phenoxy) is 1. The van der Waals surface area contributed by atoms with E-state index in [1.54, 1.807) is 12.1 Å². The summed E-state index contributed by atoms with van der Waals surface area (Å²) in [6.45, 7) is 0.315. The van der Waals surface area contributed by atoms with E-state index in [4.69, 9.17) is 11.6 Å². The minimum atomic E-state index is -0.660. The Labute approximate surface area is 128 Å². The molecule has 0 radical (unpaired) electrons. The highest BCUT2D eigenvalue weighted by Crippen LogP contribution is 2.25. The van der Waals surface area contributed by atoms with Crippen molar-refractivity contribution in [2.75, 3.05) is 12.4 Å². The van der Waals surface area contributed by atoms with Gasteiger partial charge in [-0.2, -0.15) is 0 Å². The first-order valence-electron chi connectivity index (χ1n) is 5.73. The van der Waals surface area contributed by atoms with Crippen LogP contribution >= 0.6 is 22.9 Å². The largest absolute Gasteiger partial charge is 0.464 e. The van der Waals surface area contributed by atoms with Crippen LogP contribution in [0.3, 0.4) is 0 Å². The van der Waals surface area contributed by atoms with Crippen molar-refractivity contribution in [1.82, 2.24) is 4.98 Å². The summed E-state index contributed by atoms with van der Waals surface area (Å²) in [6.07, 6.45) is 0. The summed E-state index contributed by atoms with van der Waals surface area (Å²) < 4.78 is 5.17. The Kier molecular flexibility index (Phi) is 4.71. The SMILES string of the molecule is COC(=O)c1ccc([N+](=O)[O-])c(NCc2ccc(Cl)s2)n1. The van der Waals surface area contributed by atoms with Gasteiger partial charge in [-0.05, 0) is 18.2 Å². The maximum absolute atomic E-state index is 11.4. The highest BCUT2D eigenvalue weighted by molar-refractivity contribution is 7.16. The molecule has 2 heterocycles. The Morgan fingerprint density at radius 1 is 1.48 bits per heavy atom. The second-order valence-corrected chi connectivity index (χ2v) is 5.67. The zero-order valence-corrected chi connectivity index (χ0v) is 12.4. The van der Waals surface area contributed by atoms with Gasteiger partial charge in [-0.15, -0.1) is 11.3 Å². The Hall–Kier alpha value is -2.19. The van der Waals surface area contributed by atoms with Crippen molar-refractivity contribution in [3.63, 3.8) is 0 Å². The number of rotatable bonds is 5. The van der Waals surface area contributed by atoms with Crippen LogP contribution in [0, 0.1) is 10.1 Å². The predicted molar refractivity (Wildman–Crippen MR) is 78.9 cm³/mol. The number of nitro groups is 1. The molecule has 0 amide bonds. The van der Waals surface area contributed by atoms with E-state index >= 15 is 0 Å². The number of esters is 1. The Morgan fingerprint density at radius 2 is 2.24 bits per heavy atom. The number of carbonyl (C=O) groups excluding carboxylic acids is 1. The molecule has 110 valence electrons. The van der Waals surface area contributed by atoms with E-state index in [2.05, 4.69) is 15.0 Å². The smallest absolute Gasteiger partial charge is 0.356 e. The van der Waals surface area contributed by atoms with Crippen molar-refractivity contribution in [2.45, 2.75) is 6.54 Å². The molecule has 2 aromatic rings. The number of pyridine rings is 1. The molecule has 0 saturated carbocycles. The molecule has 0 atom stereocenters. The molecule has 0 bridgehead atoms. The van der Waals surface area contributed by atoms with Gasteiger partial charge in [0.1, 0.15) is 0 Å². The molecule has 21 heavy (non-hydrogen) atoms. The zero-order valence-electron chi connectivity index (χ0n) is 10.8. The Bertz CT molecular complexity index is 689. The molecule has 0 aliphatic heterocycles. The molecule has 0 saturated heterocycles. The van der Waals surface area contributed by atoms with Crippen molar-refractivity contribution < 1.29 is 14.5 Å². The molecule has 0 aromatic carbocycles. The Balaban J connectivity index is 2.25. The van der Waals surface area contributed by atoms with Crippen molar-refractivity contribution in [3.8, 4) is 0 Å². The highest BCUT2D eigenvalue weighted by atomic mass is 35.5. The summed E-state index contributed by atoms with van der Waals surface area (Å²) in [4.78, 5) is 26.7. The van der Waals surface area contributed by atoms with Gasteiger partial charge in [0.05, 0.1) is 22.9 Å². The molecule has 0 spiro atoms. The van der Waals surface area contributed by atoms with Gasteiger partial charge in [0.2, 0.25) is 5.82 Å². The summed E-state index contributed by atoms with van der Waals surface area (Å²) >= 11 is 7.17. The van der Waals surface area contributed by atoms with E-state index in [-0.39, 0.29) is 17.2 Å². The normalized spacial score (nSPS) is 10.2. The van der Waals surface area contributed by atoms with Gasteiger partial charge in [0.25, 0.3) is 0 Å². The third-order valence-electron chi connectivity index (χ3n) is 2.52. The summed E-state index contributed by atoms with van der Waals surface area (Å²) in [5.41, 5.74) is -0.222. The number of halogens is 1. The second-order valence-electron chi connectivity index (χ2n) is 3.87. The van der Waals surface area contributed by atoms with Gasteiger partial charge in [-0.25, -0.2) is 9.78 Å². The lowest BCUT2D eigenvalue weighted by atomic mass is 10.3. The maximum atomic E-state index is 11.4. The van der Waals surface area contributed by atoms with Crippen LogP contribution in [0.25, 0.3) is 0 Å². The van der Waals surface area contributed by atoms with Crippen molar-refractivity contribution >= 4 is 40.4 Å². The van der Waals surface area contributed by atoms with Crippen LogP contribution in [-0.2, 0) is 11.3 Å². The summed E-state index contributed by atoms with van der Waals surface area (Å²) in [5, 5.41) is 13.8. The number of hydrogen-bond donors (Lipinski definition) is 1. The number of aromatic nitrogens is 1. The van der Waals surface area contributed by atoms with Crippen LogP contribution in [0.2, 0.25) is 4.34 Å². The molecule has 2 aromatic heterocycles. The Morgan fingerprint density at radius 3 is 2.81 bits per heavy atom. The van der Waals surface area contributed by atoms with Crippen molar-refractivity contribution in [2.24, 2.45) is 0 Å². The zero-order chi connectivity index (χ0) is 15.4. The topological polar surface area (TPSA) is 94.4 Å². The number of thiophene rings is 1. The van der Waals surface area contributed by atoms with Gasteiger partial charge in [-0.1, -0.05) is 11.6 Å². The molecule has 0 unspecified atom stereocenters. The average molecular weight is 328 g/mol. The van der Waals surface area contributed by atoms with Gasteiger partial charge in [0.15, 0.2) is 5.69 Å². The monoisotopic (exact) mass is 327 g/mol. The molecule has 2 rings (SSSR count). The van der Waals surface area contributed by atoms with Crippen LogP contribution in [0.5, 0.6) is 0 Å². The molecule has 1 N–H and O–H groups in total. The van der Waals surface area contributed by atoms with E-state index in [1.807, 2.05) is 0 Å². The van der Waals surface area contributed by atoms with Crippen LogP contribution in [-0.4, -0.2) is 23.0 Å². The van der Waals surface area contributed by atoms with Gasteiger partial charge in [0, 0.05) is 10.9 Å². The first-order valence-corrected chi connectivity index (χ1v) is 6.92. The number of nitrogens with one attached hydrogen (secondary N) is 1. The fraction of sp³-hybridized carbons (Fsp3) is 0.167. The lowest BCUT2D eigenvalue weighted by Gasteiger charge is -2.06. The van der Waals surface area contributed by atoms with E-state index < -0.39 is 10.9 Å². The van der Waals surface area contributed by atoms with Crippen molar-refractivity contribution in [1.29, 1.82) is 0 Å². The lowest BCUT2D eigenvalue weighted by molar-refractivity contribution is -0.384. The second kappa shape index (κ2) is 6.51. The molecule has 0 aliphatic carbocycles. The molecular weight excluding hydrogens is 318 g/mol. The first kappa shape index (κ1) is 15.2. The fourth-order valence-corrected chi connectivity index (χ4v) is 2.59. The average Bonchev–Trinajstić information content (AvgIpc) is 2.89. The number of hydrogen-bond acceptors (Lipinski definition) is 7. The third-order valence-corrected chi connectivity index (χ3v) is 3.76. The number of carbonyl (C=O) groups is 1. The van der Waals surface area contributed by atoms with Crippen LogP contribution < -0.4 is 5.32 Å². The standard InChI is InChI=1S/C12H10ClN3O4S/c1-20-12(17)8-3-4-9(16(18)19)11(15-8)14-6-7-2-5-10(13)21-7/h2-5H,6H2,1H3,(H,14,15). The maximum Gasteiger partial charge on any atom is 0.356 e. The number of methoxy groups -OCH3 is 1. The van der Waals surface area contributed by atoms with Gasteiger partial charge >= 0.3 is 11.7 Å². The van der Waals surface area contributed by atoms with E-state index in [0.29, 0.717) is 10.9 Å². The van der Waals surface area contributed by atoms with E-state index in [1.165, 1.54) is 30.6 Å². The van der Waals surface area contributed by atoms with Crippen LogP contribution in [0.4, 0.5) is 11.5 Å². The quantitative estimate of drug-likeness (QED) is 0.515. The van der Waals surface area contributed by atoms with Crippen LogP contribution in [0.1, 0.15) is 15.4 Å². The summed E-state index contributed by atoms with van der Waals surface area (Å²) in [5.74, 6) is -0.653. The summed E-state index contributed by atoms with van der Waals surface area (Å²) in [6, 6.07) is 5.99. The molecule has 9 heteroatoms. The van der Waals surface area contributed by atoms with E-state index in [9.17, 15) is 14.9 Å². The number of anilines is 1. The lowest BCUT2D eigenvalue weighted by Crippen LogP contribution is -2.09. The van der Waals surface area contributed by atoms with Gasteiger partial charge < -0.3 is 10.1 Å². The molecule has 7 nitrogen and oxygen atoms in total. The third kappa shape index (κ3) is 3.67. The van der Waals surface area contributed by atoms with Crippen molar-refractivity contribution in [3.05, 3.63) is 49.3 Å². The first-order chi connectivity index (χ1) is 10.0. The summed E-state index contributed by atoms with van der Waals surface area (Å²) in [7, 11) is 1.21. The molecular formula is C12H10ClN3O4S.